The molecule has 13 nitrogen and oxygen atoms in total. The second kappa shape index (κ2) is 14.9. The Morgan fingerprint density at radius 1 is 0.979 bits per heavy atom. The molecule has 2 saturated heterocycles. The molecule has 3 aliphatic rings. The highest BCUT2D eigenvalue weighted by molar-refractivity contribution is 7.89. The number of nitrogens with one attached hydrogen (secondary N) is 4. The molecule has 0 aromatic heterocycles. The molecule has 3 rings (SSSR count). The molecule has 48 heavy (non-hydrogen) atoms. The molecule has 6 atom stereocenters. The van der Waals surface area contributed by atoms with Gasteiger partial charge >= 0.3 is 6.03 Å². The molecule has 272 valence electrons. The van der Waals surface area contributed by atoms with Crippen molar-refractivity contribution in [1.82, 2.24) is 30.5 Å². The van der Waals surface area contributed by atoms with Crippen molar-refractivity contribution in [2.75, 3.05) is 31.9 Å². The van der Waals surface area contributed by atoms with Gasteiger partial charge in [-0.25, -0.2) is 13.2 Å². The van der Waals surface area contributed by atoms with E-state index in [1.54, 1.807) is 0 Å². The van der Waals surface area contributed by atoms with E-state index in [1.165, 1.54) is 15.3 Å². The van der Waals surface area contributed by atoms with Gasteiger partial charge in [0.1, 0.15) is 12.1 Å². The first kappa shape index (κ1) is 39.4. The number of carbonyl (C=O) groups excluding carboxylic acids is 5. The van der Waals surface area contributed by atoms with Crippen LogP contribution in [0, 0.1) is 28.1 Å². The van der Waals surface area contributed by atoms with Crippen LogP contribution in [0.3, 0.4) is 0 Å². The molecule has 1 saturated carbocycles. The third-order valence-corrected chi connectivity index (χ3v) is 12.1. The van der Waals surface area contributed by atoms with Crippen LogP contribution in [0.15, 0.2) is 12.7 Å². The minimum atomic E-state index is -3.42. The Morgan fingerprint density at radius 3 is 2.17 bits per heavy atom. The van der Waals surface area contributed by atoms with Crippen LogP contribution in [-0.2, 0) is 29.2 Å². The van der Waals surface area contributed by atoms with Crippen molar-refractivity contribution in [3.63, 3.8) is 0 Å². The topological polar surface area (TPSA) is 174 Å². The summed E-state index contributed by atoms with van der Waals surface area (Å²) in [5.74, 6) is -2.51. The SMILES string of the molecule is C=CCNC(=O)C(=O)C(CCC)NC(=O)C1[C@@H]2[C@H](CN1C(=O)[C@@H](NC(=O)N[C@H](CN1CCCCS1(=O)=O)C(C)(C)C)C(C)(C)C)C2(C)C. The summed E-state index contributed by atoms with van der Waals surface area (Å²) in [6, 6.07) is -4.11. The number of likely N-dealkylation sites (tertiary alicyclic amines) is 1. The van der Waals surface area contributed by atoms with Crippen LogP contribution in [-0.4, -0.2) is 103 Å². The van der Waals surface area contributed by atoms with Gasteiger partial charge in [0.05, 0.1) is 11.8 Å². The van der Waals surface area contributed by atoms with Crippen LogP contribution in [0.2, 0.25) is 0 Å². The minimum absolute atomic E-state index is 0.0552. The molecule has 0 bridgehead atoms. The highest BCUT2D eigenvalue weighted by Crippen LogP contribution is 2.65. The highest BCUT2D eigenvalue weighted by Gasteiger charge is 2.70. The smallest absolute Gasteiger partial charge is 0.315 e. The standard InChI is InChI=1S/C34H58N6O7S/c1-11-15-22(26(41)29(43)35-16-12-2)36-28(42)25-24-21(34(24,9)10)19-40(25)30(44)27(33(6,7)8)38-31(45)37-23(32(3,4)5)20-39-17-13-14-18-48(39,46)47/h12,21-25,27H,2,11,13-20H2,1,3-10H3,(H,35,43)(H,36,42)(H2,37,38,45)/t21-,22?,23+,24-,25?,27+/m0/s1. The second-order valence-electron chi connectivity index (χ2n) is 16.3. The van der Waals surface area contributed by atoms with Gasteiger partial charge in [0.2, 0.25) is 27.6 Å². The van der Waals surface area contributed by atoms with Gasteiger partial charge in [0.15, 0.2) is 0 Å². The number of nitrogens with zero attached hydrogens (tertiary/aromatic N) is 2. The van der Waals surface area contributed by atoms with E-state index < -0.39 is 74.6 Å². The molecule has 4 N–H and O–H groups in total. The fourth-order valence-corrected chi connectivity index (χ4v) is 8.58. The van der Waals surface area contributed by atoms with Crippen LogP contribution in [0.25, 0.3) is 0 Å². The number of rotatable bonds is 13. The van der Waals surface area contributed by atoms with Crippen LogP contribution >= 0.6 is 0 Å². The van der Waals surface area contributed by atoms with Crippen LogP contribution in [0.4, 0.5) is 4.79 Å². The van der Waals surface area contributed by atoms with Gasteiger partial charge < -0.3 is 26.2 Å². The number of hydrogen-bond acceptors (Lipinski definition) is 7. The number of amides is 5. The lowest BCUT2D eigenvalue weighted by Gasteiger charge is -2.39. The Hall–Kier alpha value is -3.00. The van der Waals surface area contributed by atoms with Gasteiger partial charge in [-0.2, -0.15) is 4.31 Å². The second-order valence-corrected chi connectivity index (χ2v) is 18.4. The van der Waals surface area contributed by atoms with E-state index in [0.717, 1.165) is 6.42 Å². The Bertz CT molecular complexity index is 1370. The first-order valence-electron chi connectivity index (χ1n) is 17.2. The maximum atomic E-state index is 14.4. The predicted octanol–water partition coefficient (Wildman–Crippen LogP) is 2.18. The van der Waals surface area contributed by atoms with Gasteiger partial charge in [-0.1, -0.05) is 74.8 Å². The molecular formula is C34H58N6O7S. The van der Waals surface area contributed by atoms with Crippen LogP contribution in [0.1, 0.15) is 88.0 Å². The molecule has 14 heteroatoms. The lowest BCUT2D eigenvalue weighted by atomic mass is 9.85. The Labute approximate surface area is 286 Å². The van der Waals surface area contributed by atoms with Gasteiger partial charge in [-0.3, -0.25) is 19.2 Å². The predicted molar refractivity (Wildman–Crippen MR) is 184 cm³/mol. The van der Waals surface area contributed by atoms with Gasteiger partial charge in [-0.05, 0) is 47.3 Å². The fourth-order valence-electron chi connectivity index (χ4n) is 6.97. The minimum Gasteiger partial charge on any atom is -0.346 e. The molecular weight excluding hydrogens is 636 g/mol. The molecule has 2 heterocycles. The van der Waals surface area contributed by atoms with Gasteiger partial charge in [0, 0.05) is 32.2 Å². The number of carbonyl (C=O) groups is 5. The monoisotopic (exact) mass is 694 g/mol. The van der Waals surface area contributed by atoms with E-state index in [4.69, 9.17) is 0 Å². The van der Waals surface area contributed by atoms with Crippen molar-refractivity contribution in [1.29, 1.82) is 0 Å². The summed E-state index contributed by atoms with van der Waals surface area (Å²) < 4.78 is 26.9. The van der Waals surface area contributed by atoms with E-state index in [9.17, 15) is 32.4 Å². The highest BCUT2D eigenvalue weighted by atomic mass is 32.2. The first-order chi connectivity index (χ1) is 22.1. The quantitative estimate of drug-likeness (QED) is 0.169. The molecule has 2 aliphatic heterocycles. The largest absolute Gasteiger partial charge is 0.346 e. The number of Topliss-reactive ketones (excluding diaryl/α,β-unsaturated/α-hetero) is 1. The van der Waals surface area contributed by atoms with Crippen molar-refractivity contribution >= 4 is 39.6 Å². The Morgan fingerprint density at radius 2 is 1.62 bits per heavy atom. The Kier molecular flexibility index (Phi) is 12.2. The third-order valence-electron chi connectivity index (χ3n) is 10.2. The van der Waals surface area contributed by atoms with Crippen LogP contribution in [0.5, 0.6) is 0 Å². The van der Waals surface area contributed by atoms with Crippen molar-refractivity contribution in [2.45, 2.75) is 112 Å². The molecule has 0 aromatic rings. The first-order valence-corrected chi connectivity index (χ1v) is 18.8. The number of piperidine rings is 1. The molecule has 0 aromatic carbocycles. The average Bonchev–Trinajstić information content (AvgIpc) is 3.28. The van der Waals surface area contributed by atoms with E-state index in [0.29, 0.717) is 25.9 Å². The van der Waals surface area contributed by atoms with E-state index in [2.05, 4.69) is 27.8 Å². The summed E-state index contributed by atoms with van der Waals surface area (Å²) in [4.78, 5) is 68.8. The van der Waals surface area contributed by atoms with E-state index in [-0.39, 0.29) is 42.5 Å². The lowest BCUT2D eigenvalue weighted by molar-refractivity contribution is -0.145. The summed E-state index contributed by atoms with van der Waals surface area (Å²) in [6.07, 6.45) is 3.61. The van der Waals surface area contributed by atoms with Crippen molar-refractivity contribution in [3.8, 4) is 0 Å². The zero-order valence-corrected chi connectivity index (χ0v) is 31.1. The summed E-state index contributed by atoms with van der Waals surface area (Å²) in [7, 11) is -3.42. The number of fused-ring (bicyclic) bond motifs is 1. The van der Waals surface area contributed by atoms with Gasteiger partial charge in [0.25, 0.3) is 5.91 Å². The molecule has 3 fully saturated rings. The zero-order valence-electron chi connectivity index (χ0n) is 30.3. The molecule has 0 spiro atoms. The molecule has 2 unspecified atom stereocenters. The summed E-state index contributed by atoms with van der Waals surface area (Å²) in [6.45, 7) is 21.6. The van der Waals surface area contributed by atoms with Crippen molar-refractivity contribution in [2.24, 2.45) is 28.1 Å². The van der Waals surface area contributed by atoms with E-state index in [1.807, 2.05) is 62.3 Å². The fraction of sp³-hybridized carbons (Fsp3) is 0.794. The van der Waals surface area contributed by atoms with Crippen LogP contribution < -0.4 is 21.3 Å². The third kappa shape index (κ3) is 8.96. The normalized spacial score (nSPS) is 25.1. The Balaban J connectivity index is 1.82. The number of ketones is 1. The summed E-state index contributed by atoms with van der Waals surface area (Å²) in [5.41, 5.74) is -1.46. The molecule has 1 aliphatic carbocycles. The summed E-state index contributed by atoms with van der Waals surface area (Å²) >= 11 is 0. The average molecular weight is 695 g/mol. The number of urea groups is 1. The van der Waals surface area contributed by atoms with Gasteiger partial charge in [-0.15, -0.1) is 6.58 Å². The number of hydrogen-bond donors (Lipinski definition) is 4. The lowest BCUT2D eigenvalue weighted by Crippen LogP contribution is -2.63. The molecule has 0 radical (unpaired) electrons. The maximum absolute atomic E-state index is 14.4. The summed E-state index contributed by atoms with van der Waals surface area (Å²) in [5, 5.41) is 11.1. The maximum Gasteiger partial charge on any atom is 0.315 e. The van der Waals surface area contributed by atoms with Crippen molar-refractivity contribution in [3.05, 3.63) is 12.7 Å². The van der Waals surface area contributed by atoms with E-state index >= 15 is 0 Å². The molecule has 5 amide bonds. The zero-order chi connectivity index (χ0) is 36.4. The van der Waals surface area contributed by atoms with Crippen molar-refractivity contribution < 1.29 is 32.4 Å². The number of sulfonamides is 1.